The van der Waals surface area contributed by atoms with Crippen LogP contribution in [0.4, 0.5) is 0 Å². The smallest absolute Gasteiger partial charge is 0.247 e. The van der Waals surface area contributed by atoms with Crippen molar-refractivity contribution >= 4 is 5.91 Å². The fraction of sp³-hybridized carbons (Fsp3) is 0.188. The van der Waals surface area contributed by atoms with Crippen molar-refractivity contribution in [3.8, 4) is 5.75 Å². The van der Waals surface area contributed by atoms with Gasteiger partial charge in [0.2, 0.25) is 5.91 Å². The molecule has 2 aromatic rings. The van der Waals surface area contributed by atoms with Crippen LogP contribution in [-0.2, 0) is 4.79 Å². The lowest BCUT2D eigenvalue weighted by Gasteiger charge is -2.03. The third-order valence-corrected chi connectivity index (χ3v) is 3.91. The fourth-order valence-corrected chi connectivity index (χ4v) is 2.96. The lowest BCUT2D eigenvalue weighted by molar-refractivity contribution is -0.130. The number of nitrogens with one attached hydrogen (secondary N) is 1. The van der Waals surface area contributed by atoms with E-state index < -0.39 is 5.91 Å². The summed E-state index contributed by atoms with van der Waals surface area (Å²) in [7, 11) is 0. The van der Waals surface area contributed by atoms with Gasteiger partial charge in [-0.05, 0) is 17.2 Å². The Morgan fingerprint density at radius 1 is 0.950 bits per heavy atom. The van der Waals surface area contributed by atoms with Gasteiger partial charge in [0.05, 0.1) is 5.92 Å². The number of para-hydroxylation sites is 1. The Morgan fingerprint density at radius 2 is 1.60 bits per heavy atom. The Labute approximate surface area is 116 Å². The summed E-state index contributed by atoms with van der Waals surface area (Å²) >= 11 is 0. The first-order valence-electron chi connectivity index (χ1n) is 6.51. The topological polar surface area (TPSA) is 69.6 Å². The maximum atomic E-state index is 11.8. The first kappa shape index (κ1) is 12.7. The second kappa shape index (κ2) is 4.98. The highest BCUT2D eigenvalue weighted by atomic mass is 16.5. The number of phenolic OH excluding ortho intramolecular Hbond substituents is 1. The molecule has 20 heavy (non-hydrogen) atoms. The molecular weight excluding hydrogens is 254 g/mol. The number of hydroxylamine groups is 1. The highest BCUT2D eigenvalue weighted by Gasteiger charge is 2.56. The maximum Gasteiger partial charge on any atom is 0.247 e. The molecule has 1 aliphatic rings. The third kappa shape index (κ3) is 2.04. The zero-order valence-electron chi connectivity index (χ0n) is 10.7. The molecule has 0 aromatic heterocycles. The van der Waals surface area contributed by atoms with Crippen LogP contribution in [-0.4, -0.2) is 16.2 Å². The summed E-state index contributed by atoms with van der Waals surface area (Å²) in [6.07, 6.45) is 0. The summed E-state index contributed by atoms with van der Waals surface area (Å²) in [4.78, 5) is 11.8. The molecule has 102 valence electrons. The lowest BCUT2D eigenvalue weighted by atomic mass is 10.0. The number of carbonyl (C=O) groups is 1. The number of phenols is 1. The summed E-state index contributed by atoms with van der Waals surface area (Å²) in [5, 5.41) is 18.8. The van der Waals surface area contributed by atoms with Gasteiger partial charge in [-0.25, -0.2) is 5.48 Å². The molecule has 4 nitrogen and oxygen atoms in total. The molecule has 4 heteroatoms. The molecule has 3 atom stereocenters. The quantitative estimate of drug-likeness (QED) is 0.592. The lowest BCUT2D eigenvalue weighted by Crippen LogP contribution is -2.21. The molecule has 0 heterocycles. The number of hydrogen-bond acceptors (Lipinski definition) is 3. The molecule has 3 N–H and O–H groups in total. The van der Waals surface area contributed by atoms with Crippen LogP contribution in [0, 0.1) is 5.92 Å². The molecule has 1 amide bonds. The molecule has 0 bridgehead atoms. The summed E-state index contributed by atoms with van der Waals surface area (Å²) in [5.74, 6) is -0.697. The minimum Gasteiger partial charge on any atom is -0.508 e. The van der Waals surface area contributed by atoms with Crippen molar-refractivity contribution in [3.05, 3.63) is 65.7 Å². The van der Waals surface area contributed by atoms with E-state index in [0.717, 1.165) is 11.1 Å². The largest absolute Gasteiger partial charge is 0.508 e. The van der Waals surface area contributed by atoms with Gasteiger partial charge >= 0.3 is 0 Å². The van der Waals surface area contributed by atoms with Crippen LogP contribution in [0.2, 0.25) is 0 Å². The van der Waals surface area contributed by atoms with Gasteiger partial charge in [0.1, 0.15) is 5.75 Å². The van der Waals surface area contributed by atoms with Gasteiger partial charge in [-0.3, -0.25) is 10.0 Å². The second-order valence-corrected chi connectivity index (χ2v) is 5.02. The van der Waals surface area contributed by atoms with E-state index >= 15 is 0 Å². The van der Waals surface area contributed by atoms with Gasteiger partial charge in [0.25, 0.3) is 0 Å². The van der Waals surface area contributed by atoms with E-state index in [2.05, 4.69) is 0 Å². The van der Waals surface area contributed by atoms with E-state index in [1.165, 1.54) is 0 Å². The van der Waals surface area contributed by atoms with Crippen LogP contribution in [0.3, 0.4) is 0 Å². The van der Waals surface area contributed by atoms with Crippen LogP contribution in [0.15, 0.2) is 54.6 Å². The maximum absolute atomic E-state index is 11.8. The molecule has 1 fully saturated rings. The van der Waals surface area contributed by atoms with Crippen molar-refractivity contribution in [1.82, 2.24) is 5.48 Å². The minimum atomic E-state index is -0.410. The molecule has 0 unspecified atom stereocenters. The van der Waals surface area contributed by atoms with E-state index in [9.17, 15) is 9.90 Å². The third-order valence-electron chi connectivity index (χ3n) is 3.91. The van der Waals surface area contributed by atoms with Crippen molar-refractivity contribution in [3.63, 3.8) is 0 Å². The first-order chi connectivity index (χ1) is 9.74. The first-order valence-corrected chi connectivity index (χ1v) is 6.51. The number of amides is 1. The normalized spacial score (nSPS) is 24.1. The van der Waals surface area contributed by atoms with Crippen molar-refractivity contribution in [2.24, 2.45) is 5.92 Å². The van der Waals surface area contributed by atoms with Crippen molar-refractivity contribution in [2.75, 3.05) is 0 Å². The van der Waals surface area contributed by atoms with Crippen molar-refractivity contribution in [1.29, 1.82) is 0 Å². The fourth-order valence-electron chi connectivity index (χ4n) is 2.96. The average molecular weight is 269 g/mol. The molecule has 2 aromatic carbocycles. The number of hydrogen-bond donors (Lipinski definition) is 3. The van der Waals surface area contributed by atoms with Gasteiger partial charge in [0, 0.05) is 11.8 Å². The highest BCUT2D eigenvalue weighted by molar-refractivity contribution is 5.84. The molecular formula is C16H15NO3. The van der Waals surface area contributed by atoms with E-state index in [1.807, 2.05) is 42.5 Å². The molecule has 1 saturated carbocycles. The summed E-state index contributed by atoms with van der Waals surface area (Å²) in [6, 6.07) is 16.7. The van der Waals surface area contributed by atoms with Gasteiger partial charge in [-0.2, -0.15) is 0 Å². The van der Waals surface area contributed by atoms with Crippen LogP contribution >= 0.6 is 0 Å². The van der Waals surface area contributed by atoms with E-state index in [-0.39, 0.29) is 23.5 Å². The molecule has 3 rings (SSSR count). The molecule has 0 saturated heterocycles. The van der Waals surface area contributed by atoms with Crippen LogP contribution in [0.5, 0.6) is 5.75 Å². The van der Waals surface area contributed by atoms with Gasteiger partial charge in [0.15, 0.2) is 0 Å². The summed E-state index contributed by atoms with van der Waals surface area (Å²) in [6.45, 7) is 0. The Kier molecular flexibility index (Phi) is 3.16. The number of carbonyl (C=O) groups excluding carboxylic acids is 1. The zero-order valence-corrected chi connectivity index (χ0v) is 10.7. The van der Waals surface area contributed by atoms with Gasteiger partial charge in [-0.1, -0.05) is 48.5 Å². The predicted molar refractivity (Wildman–Crippen MR) is 73.5 cm³/mol. The predicted octanol–water partition coefficient (Wildman–Crippen LogP) is 2.39. The molecule has 0 spiro atoms. The van der Waals surface area contributed by atoms with Crippen molar-refractivity contribution < 1.29 is 15.1 Å². The summed E-state index contributed by atoms with van der Waals surface area (Å²) in [5.41, 5.74) is 3.51. The Hall–Kier alpha value is -2.33. The van der Waals surface area contributed by atoms with Gasteiger partial charge in [-0.15, -0.1) is 0 Å². The van der Waals surface area contributed by atoms with E-state index in [4.69, 9.17) is 5.21 Å². The SMILES string of the molecule is O=C(NO)[C@@H]1[C@H](c2ccccc2)[C@H]1c1ccccc1O. The second-order valence-electron chi connectivity index (χ2n) is 5.02. The van der Waals surface area contributed by atoms with Gasteiger partial charge < -0.3 is 5.11 Å². The molecule has 0 radical (unpaired) electrons. The van der Waals surface area contributed by atoms with E-state index in [1.54, 1.807) is 17.6 Å². The summed E-state index contributed by atoms with van der Waals surface area (Å²) < 4.78 is 0. The zero-order chi connectivity index (χ0) is 14.1. The molecule has 1 aliphatic carbocycles. The highest BCUT2D eigenvalue weighted by Crippen LogP contribution is 2.61. The minimum absolute atomic E-state index is 0.0170. The standard InChI is InChI=1S/C16H15NO3/c18-12-9-5-4-8-11(12)14-13(15(14)16(19)17-20)10-6-2-1-3-7-10/h1-9,13-15,18,20H,(H,17,19)/t13-,14-,15-/m1/s1. The van der Waals surface area contributed by atoms with Crippen LogP contribution in [0.1, 0.15) is 23.0 Å². The molecule has 0 aliphatic heterocycles. The van der Waals surface area contributed by atoms with Crippen LogP contribution in [0.25, 0.3) is 0 Å². The Balaban J connectivity index is 1.97. The van der Waals surface area contributed by atoms with Crippen LogP contribution < -0.4 is 5.48 Å². The number of benzene rings is 2. The van der Waals surface area contributed by atoms with E-state index in [0.29, 0.717) is 0 Å². The number of rotatable bonds is 3. The monoisotopic (exact) mass is 269 g/mol. The average Bonchev–Trinajstić information content (AvgIpc) is 3.23. The van der Waals surface area contributed by atoms with Crippen molar-refractivity contribution in [2.45, 2.75) is 11.8 Å². The Bertz CT molecular complexity index is 627. The Morgan fingerprint density at radius 3 is 2.25 bits per heavy atom. The number of aromatic hydroxyl groups is 1.